The molecular weight excluding hydrogens is 346 g/mol. The number of allylic oxidation sites excluding steroid dienone is 2. The lowest BCUT2D eigenvalue weighted by molar-refractivity contribution is -0.245. The number of carboxylic acid groups (broad SMARTS) is 1. The molecule has 1 aliphatic rings. The number of aliphatic carboxylic acids is 1. The van der Waals surface area contributed by atoms with Gasteiger partial charge in [0.15, 0.2) is 0 Å². The molecule has 3 atom stereocenters. The lowest BCUT2D eigenvalue weighted by atomic mass is 9.91. The van der Waals surface area contributed by atoms with Crippen LogP contribution in [0.3, 0.4) is 0 Å². The molecule has 1 unspecified atom stereocenters. The monoisotopic (exact) mass is 369 g/mol. The molecule has 1 fully saturated rings. The zero-order chi connectivity index (χ0) is 19.1. The number of benzene rings is 1. The van der Waals surface area contributed by atoms with Gasteiger partial charge in [0.1, 0.15) is 5.75 Å². The molecule has 1 saturated heterocycles. The number of aromatic nitrogens is 1. The largest absolute Gasteiger partial charge is 0.508 e. The van der Waals surface area contributed by atoms with E-state index in [-0.39, 0.29) is 24.2 Å². The normalized spacial score (nSPS) is 22.7. The van der Waals surface area contributed by atoms with Crippen LogP contribution in [0.15, 0.2) is 60.8 Å². The highest BCUT2D eigenvalue weighted by Gasteiger charge is 2.35. The molecule has 2 aromatic rings. The molecule has 6 nitrogen and oxygen atoms in total. The van der Waals surface area contributed by atoms with Gasteiger partial charge in [-0.25, -0.2) is 0 Å². The van der Waals surface area contributed by atoms with Crippen molar-refractivity contribution in [1.82, 2.24) is 4.98 Å². The summed E-state index contributed by atoms with van der Waals surface area (Å²) in [6.45, 7) is 0.448. The summed E-state index contributed by atoms with van der Waals surface area (Å²) in [6, 6.07) is 12.7. The molecule has 0 bridgehead atoms. The fourth-order valence-electron chi connectivity index (χ4n) is 3.10. The van der Waals surface area contributed by atoms with Crippen molar-refractivity contribution in [1.29, 1.82) is 0 Å². The molecule has 3 rings (SSSR count). The topological polar surface area (TPSA) is 88.9 Å². The van der Waals surface area contributed by atoms with Crippen molar-refractivity contribution in [3.63, 3.8) is 0 Å². The number of carbonyl (C=O) groups is 1. The van der Waals surface area contributed by atoms with E-state index in [1.807, 2.05) is 42.5 Å². The van der Waals surface area contributed by atoms with Gasteiger partial charge in [0.2, 0.25) is 6.29 Å². The molecule has 1 aliphatic heterocycles. The number of phenols is 1. The average Bonchev–Trinajstić information content (AvgIpc) is 2.69. The first-order valence-electron chi connectivity index (χ1n) is 8.98. The fraction of sp³-hybridized carbons (Fsp3) is 0.333. The number of carboxylic acids is 1. The summed E-state index contributed by atoms with van der Waals surface area (Å²) in [6.07, 6.45) is 5.82. The second kappa shape index (κ2) is 9.30. The van der Waals surface area contributed by atoms with E-state index in [1.54, 1.807) is 18.3 Å². The van der Waals surface area contributed by atoms with Crippen LogP contribution in [-0.2, 0) is 14.3 Å². The zero-order valence-electron chi connectivity index (χ0n) is 14.9. The van der Waals surface area contributed by atoms with Gasteiger partial charge in [-0.3, -0.25) is 9.78 Å². The summed E-state index contributed by atoms with van der Waals surface area (Å²) in [7, 11) is 0. The number of nitrogens with zero attached hydrogens (tertiary/aromatic N) is 1. The van der Waals surface area contributed by atoms with Gasteiger partial charge < -0.3 is 19.7 Å². The lowest BCUT2D eigenvalue weighted by Crippen LogP contribution is -2.30. The van der Waals surface area contributed by atoms with Crippen molar-refractivity contribution in [2.45, 2.75) is 31.7 Å². The molecule has 142 valence electrons. The molecule has 0 aliphatic carbocycles. The van der Waals surface area contributed by atoms with Crippen LogP contribution in [0.4, 0.5) is 0 Å². The number of hydrogen-bond acceptors (Lipinski definition) is 5. The predicted molar refractivity (Wildman–Crippen MR) is 99.0 cm³/mol. The van der Waals surface area contributed by atoms with Gasteiger partial charge in [-0.1, -0.05) is 36.4 Å². The number of ether oxygens (including phenoxy) is 2. The molecule has 2 N–H and O–H groups in total. The Hall–Kier alpha value is -2.70. The van der Waals surface area contributed by atoms with Crippen LogP contribution >= 0.6 is 0 Å². The SMILES string of the molecule is O=C(O)CCC=CC[C@@H]1COC(c2ccccn2)O[C@@H]1c1ccccc1O. The van der Waals surface area contributed by atoms with Crippen molar-refractivity contribution >= 4 is 5.97 Å². The highest BCUT2D eigenvalue weighted by Crippen LogP contribution is 2.42. The smallest absolute Gasteiger partial charge is 0.303 e. The molecule has 0 radical (unpaired) electrons. The Balaban J connectivity index is 1.74. The maximum Gasteiger partial charge on any atom is 0.303 e. The highest BCUT2D eigenvalue weighted by molar-refractivity contribution is 5.66. The van der Waals surface area contributed by atoms with Crippen molar-refractivity contribution in [2.75, 3.05) is 6.61 Å². The van der Waals surface area contributed by atoms with Gasteiger partial charge in [0.25, 0.3) is 0 Å². The minimum absolute atomic E-state index is 0.000611. The predicted octanol–water partition coefficient (Wildman–Crippen LogP) is 4.00. The van der Waals surface area contributed by atoms with E-state index < -0.39 is 12.3 Å². The van der Waals surface area contributed by atoms with Crippen LogP contribution in [0, 0.1) is 5.92 Å². The number of para-hydroxylation sites is 1. The molecule has 2 heterocycles. The van der Waals surface area contributed by atoms with Gasteiger partial charge in [0, 0.05) is 24.1 Å². The first kappa shape index (κ1) is 19.1. The van der Waals surface area contributed by atoms with E-state index in [9.17, 15) is 9.90 Å². The molecule has 0 amide bonds. The number of hydrogen-bond donors (Lipinski definition) is 2. The molecule has 1 aromatic carbocycles. The van der Waals surface area contributed by atoms with E-state index in [1.165, 1.54) is 0 Å². The second-order valence-electron chi connectivity index (χ2n) is 6.43. The molecule has 1 aromatic heterocycles. The summed E-state index contributed by atoms with van der Waals surface area (Å²) in [4.78, 5) is 14.9. The minimum Gasteiger partial charge on any atom is -0.508 e. The third kappa shape index (κ3) is 5.15. The molecular formula is C21H23NO5. The van der Waals surface area contributed by atoms with Crippen LogP contribution in [0.5, 0.6) is 5.75 Å². The van der Waals surface area contributed by atoms with Crippen LogP contribution in [0.1, 0.15) is 42.9 Å². The van der Waals surface area contributed by atoms with E-state index in [0.29, 0.717) is 30.7 Å². The van der Waals surface area contributed by atoms with E-state index in [4.69, 9.17) is 14.6 Å². The summed E-state index contributed by atoms with van der Waals surface area (Å²) >= 11 is 0. The highest BCUT2D eigenvalue weighted by atomic mass is 16.7. The Kier molecular flexibility index (Phi) is 6.57. The maximum absolute atomic E-state index is 10.6. The third-order valence-electron chi connectivity index (χ3n) is 4.46. The van der Waals surface area contributed by atoms with Gasteiger partial charge in [-0.2, -0.15) is 0 Å². The van der Waals surface area contributed by atoms with Gasteiger partial charge in [0.05, 0.1) is 18.4 Å². The van der Waals surface area contributed by atoms with Crippen LogP contribution in [0.2, 0.25) is 0 Å². The van der Waals surface area contributed by atoms with E-state index in [0.717, 1.165) is 0 Å². The number of pyridine rings is 1. The van der Waals surface area contributed by atoms with Crippen LogP contribution < -0.4 is 0 Å². The molecule has 0 saturated carbocycles. The molecule has 6 heteroatoms. The standard InChI is InChI=1S/C21H23NO5/c23-18-11-5-4-9-16(18)20-15(8-2-1-3-12-19(24)25)14-26-21(27-20)17-10-6-7-13-22-17/h1-2,4-7,9-11,13,15,20-21,23H,3,8,12,14H2,(H,24,25)/t15-,20+,21?/m1/s1. The summed E-state index contributed by atoms with van der Waals surface area (Å²) in [5, 5.41) is 19.0. The van der Waals surface area contributed by atoms with Gasteiger partial charge in [-0.15, -0.1) is 0 Å². The lowest BCUT2D eigenvalue weighted by Gasteiger charge is -2.36. The Labute approximate surface area is 158 Å². The maximum atomic E-state index is 10.6. The summed E-state index contributed by atoms with van der Waals surface area (Å²) in [5.41, 5.74) is 1.40. The summed E-state index contributed by atoms with van der Waals surface area (Å²) < 4.78 is 12.0. The fourth-order valence-corrected chi connectivity index (χ4v) is 3.10. The zero-order valence-corrected chi connectivity index (χ0v) is 14.9. The average molecular weight is 369 g/mol. The number of phenolic OH excluding ortho intramolecular Hbond substituents is 1. The minimum atomic E-state index is -0.811. The van der Waals surface area contributed by atoms with E-state index in [2.05, 4.69) is 4.98 Å². The van der Waals surface area contributed by atoms with Crippen molar-refractivity contribution in [2.24, 2.45) is 5.92 Å². The van der Waals surface area contributed by atoms with Crippen LogP contribution in [0.25, 0.3) is 0 Å². The van der Waals surface area contributed by atoms with E-state index >= 15 is 0 Å². The van der Waals surface area contributed by atoms with Gasteiger partial charge in [-0.05, 0) is 31.0 Å². The van der Waals surface area contributed by atoms with Crippen molar-refractivity contribution in [3.05, 3.63) is 72.1 Å². The second-order valence-corrected chi connectivity index (χ2v) is 6.43. The number of aromatic hydroxyl groups is 1. The van der Waals surface area contributed by atoms with Gasteiger partial charge >= 0.3 is 5.97 Å². The Morgan fingerprint density at radius 2 is 2.00 bits per heavy atom. The Morgan fingerprint density at radius 1 is 1.19 bits per heavy atom. The number of rotatable bonds is 7. The summed E-state index contributed by atoms with van der Waals surface area (Å²) in [5.74, 6) is -0.627. The van der Waals surface area contributed by atoms with Crippen molar-refractivity contribution < 1.29 is 24.5 Å². The Morgan fingerprint density at radius 3 is 2.74 bits per heavy atom. The third-order valence-corrected chi connectivity index (χ3v) is 4.46. The first-order valence-corrected chi connectivity index (χ1v) is 8.98. The molecule has 0 spiro atoms. The quantitative estimate of drug-likeness (QED) is 0.717. The van der Waals surface area contributed by atoms with Crippen LogP contribution in [-0.4, -0.2) is 27.8 Å². The van der Waals surface area contributed by atoms with Crippen molar-refractivity contribution in [3.8, 4) is 5.75 Å². The molecule has 27 heavy (non-hydrogen) atoms. The first-order chi connectivity index (χ1) is 13.1. The Bertz CT molecular complexity index is 777.